The van der Waals surface area contributed by atoms with Gasteiger partial charge < -0.3 is 11.1 Å². The number of nitrogens with one attached hydrogen (secondary N) is 1. The number of nitrogens with two attached hydrogens (primary N) is 1. The van der Waals surface area contributed by atoms with E-state index in [2.05, 4.69) is 5.32 Å². The number of benzene rings is 1. The Morgan fingerprint density at radius 1 is 1.39 bits per heavy atom. The van der Waals surface area contributed by atoms with E-state index in [0.717, 1.165) is 31.6 Å². The standard InChI is InChI=1S/C15H23FN2/c1-12-9-13(3-4-14(12)16)5-8-18-11-15(10-17)6-2-7-15/h3-4,9,18H,2,5-8,10-11,17H2,1H3. The average Bonchev–Trinajstić information content (AvgIpc) is 2.32. The van der Waals surface area contributed by atoms with Crippen molar-refractivity contribution in [2.24, 2.45) is 11.1 Å². The fourth-order valence-corrected chi connectivity index (χ4v) is 2.58. The van der Waals surface area contributed by atoms with Crippen molar-refractivity contribution in [3.63, 3.8) is 0 Å². The summed E-state index contributed by atoms with van der Waals surface area (Å²) in [6.07, 6.45) is 4.77. The Bertz CT molecular complexity index is 394. The van der Waals surface area contributed by atoms with Crippen LogP contribution in [0.25, 0.3) is 0 Å². The van der Waals surface area contributed by atoms with Crippen LogP contribution in [0.4, 0.5) is 4.39 Å². The Kier molecular flexibility index (Phi) is 4.36. The van der Waals surface area contributed by atoms with E-state index in [1.54, 1.807) is 6.07 Å². The van der Waals surface area contributed by atoms with Gasteiger partial charge in [0.15, 0.2) is 0 Å². The lowest BCUT2D eigenvalue weighted by atomic mass is 9.69. The third-order valence-corrected chi connectivity index (χ3v) is 4.16. The summed E-state index contributed by atoms with van der Waals surface area (Å²) in [6, 6.07) is 5.35. The summed E-state index contributed by atoms with van der Waals surface area (Å²) < 4.78 is 13.1. The van der Waals surface area contributed by atoms with E-state index in [-0.39, 0.29) is 5.82 Å². The van der Waals surface area contributed by atoms with Crippen molar-refractivity contribution in [2.75, 3.05) is 19.6 Å². The molecule has 3 heteroatoms. The molecule has 1 saturated carbocycles. The van der Waals surface area contributed by atoms with Gasteiger partial charge in [0, 0.05) is 6.54 Å². The summed E-state index contributed by atoms with van der Waals surface area (Å²) in [5.74, 6) is -0.122. The zero-order chi connectivity index (χ0) is 13.0. The van der Waals surface area contributed by atoms with E-state index < -0.39 is 0 Å². The first-order valence-corrected chi connectivity index (χ1v) is 6.81. The first-order chi connectivity index (χ1) is 8.65. The number of aryl methyl sites for hydroxylation is 1. The lowest BCUT2D eigenvalue weighted by Gasteiger charge is -2.41. The van der Waals surface area contributed by atoms with E-state index in [1.165, 1.54) is 24.8 Å². The van der Waals surface area contributed by atoms with Crippen molar-refractivity contribution < 1.29 is 4.39 Å². The molecule has 0 heterocycles. The molecule has 100 valence electrons. The lowest BCUT2D eigenvalue weighted by molar-refractivity contribution is 0.141. The molecule has 0 saturated heterocycles. The summed E-state index contributed by atoms with van der Waals surface area (Å²) in [7, 11) is 0. The fraction of sp³-hybridized carbons (Fsp3) is 0.600. The van der Waals surface area contributed by atoms with Crippen LogP contribution in [0.2, 0.25) is 0 Å². The minimum Gasteiger partial charge on any atom is -0.330 e. The first kappa shape index (κ1) is 13.5. The summed E-state index contributed by atoms with van der Waals surface area (Å²) >= 11 is 0. The Labute approximate surface area is 109 Å². The molecule has 1 aromatic rings. The molecular weight excluding hydrogens is 227 g/mol. The van der Waals surface area contributed by atoms with Gasteiger partial charge in [-0.3, -0.25) is 0 Å². The number of halogens is 1. The molecule has 0 bridgehead atoms. The summed E-state index contributed by atoms with van der Waals surface area (Å²) in [6.45, 7) is 4.55. The smallest absolute Gasteiger partial charge is 0.126 e. The maximum absolute atomic E-state index is 13.1. The molecular formula is C15H23FN2. The largest absolute Gasteiger partial charge is 0.330 e. The van der Waals surface area contributed by atoms with E-state index in [0.29, 0.717) is 5.41 Å². The van der Waals surface area contributed by atoms with Gasteiger partial charge in [-0.2, -0.15) is 0 Å². The van der Waals surface area contributed by atoms with Crippen LogP contribution in [-0.2, 0) is 6.42 Å². The monoisotopic (exact) mass is 250 g/mol. The fourth-order valence-electron chi connectivity index (χ4n) is 2.58. The maximum atomic E-state index is 13.1. The minimum absolute atomic E-state index is 0.122. The third kappa shape index (κ3) is 3.09. The molecule has 1 aliphatic rings. The number of rotatable bonds is 6. The van der Waals surface area contributed by atoms with Gasteiger partial charge in [-0.05, 0) is 61.9 Å². The van der Waals surface area contributed by atoms with Crippen LogP contribution < -0.4 is 11.1 Å². The predicted octanol–water partition coefficient (Wildman–Crippen LogP) is 2.40. The SMILES string of the molecule is Cc1cc(CCNCC2(CN)CCC2)ccc1F. The van der Waals surface area contributed by atoms with Crippen LogP contribution in [0.3, 0.4) is 0 Å². The summed E-state index contributed by atoms with van der Waals surface area (Å²) in [4.78, 5) is 0. The molecule has 1 fully saturated rings. The molecule has 1 aliphatic carbocycles. The predicted molar refractivity (Wildman–Crippen MR) is 73.0 cm³/mol. The molecule has 1 aromatic carbocycles. The molecule has 0 atom stereocenters. The molecule has 3 N–H and O–H groups in total. The van der Waals surface area contributed by atoms with E-state index in [1.807, 2.05) is 19.1 Å². The second kappa shape index (κ2) is 5.81. The first-order valence-electron chi connectivity index (χ1n) is 6.81. The molecule has 18 heavy (non-hydrogen) atoms. The van der Waals surface area contributed by atoms with Gasteiger partial charge in [0.25, 0.3) is 0 Å². The molecule has 0 unspecified atom stereocenters. The van der Waals surface area contributed by atoms with E-state index in [4.69, 9.17) is 5.73 Å². The molecule has 0 aromatic heterocycles. The summed E-state index contributed by atoms with van der Waals surface area (Å²) in [5.41, 5.74) is 8.10. The van der Waals surface area contributed by atoms with Gasteiger partial charge in [0.05, 0.1) is 0 Å². The minimum atomic E-state index is -0.122. The number of hydrogen-bond donors (Lipinski definition) is 2. The van der Waals surface area contributed by atoms with Crippen LogP contribution in [0.1, 0.15) is 30.4 Å². The van der Waals surface area contributed by atoms with Gasteiger partial charge in [-0.15, -0.1) is 0 Å². The Morgan fingerprint density at radius 3 is 2.72 bits per heavy atom. The van der Waals surface area contributed by atoms with Gasteiger partial charge in [-0.1, -0.05) is 18.6 Å². The molecule has 2 rings (SSSR count). The van der Waals surface area contributed by atoms with Gasteiger partial charge in [0.2, 0.25) is 0 Å². The highest BCUT2D eigenvalue weighted by atomic mass is 19.1. The van der Waals surface area contributed by atoms with E-state index in [9.17, 15) is 4.39 Å². The van der Waals surface area contributed by atoms with Crippen LogP contribution >= 0.6 is 0 Å². The van der Waals surface area contributed by atoms with Crippen LogP contribution in [0.5, 0.6) is 0 Å². The second-order valence-electron chi connectivity index (χ2n) is 5.57. The average molecular weight is 250 g/mol. The molecule has 2 nitrogen and oxygen atoms in total. The third-order valence-electron chi connectivity index (χ3n) is 4.16. The van der Waals surface area contributed by atoms with Gasteiger partial charge >= 0.3 is 0 Å². The maximum Gasteiger partial charge on any atom is 0.126 e. The van der Waals surface area contributed by atoms with Crippen molar-refractivity contribution in [2.45, 2.75) is 32.6 Å². The van der Waals surface area contributed by atoms with Crippen molar-refractivity contribution in [1.29, 1.82) is 0 Å². The molecule has 0 radical (unpaired) electrons. The quantitative estimate of drug-likeness (QED) is 0.761. The van der Waals surface area contributed by atoms with Crippen LogP contribution in [0, 0.1) is 18.2 Å². The summed E-state index contributed by atoms with van der Waals surface area (Å²) in [5, 5.41) is 3.49. The highest BCUT2D eigenvalue weighted by Crippen LogP contribution is 2.38. The topological polar surface area (TPSA) is 38.0 Å². The van der Waals surface area contributed by atoms with Crippen molar-refractivity contribution in [3.05, 3.63) is 35.1 Å². The Balaban J connectivity index is 1.73. The second-order valence-corrected chi connectivity index (χ2v) is 5.57. The number of hydrogen-bond acceptors (Lipinski definition) is 2. The van der Waals surface area contributed by atoms with E-state index >= 15 is 0 Å². The van der Waals surface area contributed by atoms with Crippen molar-refractivity contribution in [1.82, 2.24) is 5.32 Å². The zero-order valence-corrected chi connectivity index (χ0v) is 11.1. The van der Waals surface area contributed by atoms with Crippen molar-refractivity contribution >= 4 is 0 Å². The Morgan fingerprint density at radius 2 is 2.17 bits per heavy atom. The molecule has 0 amide bonds. The zero-order valence-electron chi connectivity index (χ0n) is 11.1. The molecule has 0 spiro atoms. The van der Waals surface area contributed by atoms with Crippen LogP contribution in [-0.4, -0.2) is 19.6 Å². The van der Waals surface area contributed by atoms with Gasteiger partial charge in [0.1, 0.15) is 5.82 Å². The Hall–Kier alpha value is -0.930. The highest BCUT2D eigenvalue weighted by molar-refractivity contribution is 5.24. The highest BCUT2D eigenvalue weighted by Gasteiger charge is 2.34. The van der Waals surface area contributed by atoms with Crippen LogP contribution in [0.15, 0.2) is 18.2 Å². The molecule has 0 aliphatic heterocycles. The lowest BCUT2D eigenvalue weighted by Crippen LogP contribution is -2.45. The van der Waals surface area contributed by atoms with Crippen molar-refractivity contribution in [3.8, 4) is 0 Å². The normalized spacial score (nSPS) is 17.5. The van der Waals surface area contributed by atoms with Gasteiger partial charge in [-0.25, -0.2) is 4.39 Å².